The number of nitrogens with one attached hydrogen (secondary N) is 2. The number of ether oxygens (including phenoxy) is 1. The van der Waals surface area contributed by atoms with Crippen molar-refractivity contribution in [2.24, 2.45) is 0 Å². The monoisotopic (exact) mass is 376 g/mol. The third-order valence-electron chi connectivity index (χ3n) is 3.30. The van der Waals surface area contributed by atoms with Gasteiger partial charge in [0.25, 0.3) is 5.91 Å². The van der Waals surface area contributed by atoms with Gasteiger partial charge in [0.15, 0.2) is 0 Å². The Bertz CT molecular complexity index is 869. The summed E-state index contributed by atoms with van der Waals surface area (Å²) in [4.78, 5) is 12.5. The van der Waals surface area contributed by atoms with Gasteiger partial charge in [-0.2, -0.15) is 0 Å². The summed E-state index contributed by atoms with van der Waals surface area (Å²) >= 11 is 0. The minimum absolute atomic E-state index is 0.110. The molecule has 0 atom stereocenters. The van der Waals surface area contributed by atoms with Crippen molar-refractivity contribution in [2.75, 3.05) is 11.9 Å². The number of amides is 1. The van der Waals surface area contributed by atoms with Gasteiger partial charge in [0, 0.05) is 11.1 Å². The Morgan fingerprint density at radius 2 is 1.65 bits per heavy atom. The lowest BCUT2D eigenvalue weighted by molar-refractivity contribution is 0.102. The molecule has 0 fully saturated rings. The Morgan fingerprint density at radius 3 is 2.23 bits per heavy atom. The van der Waals surface area contributed by atoms with E-state index in [0.717, 1.165) is 0 Å². The Morgan fingerprint density at radius 1 is 1.04 bits per heavy atom. The molecule has 0 spiro atoms. The molecule has 2 N–H and O–H groups in total. The second-order valence-electron chi connectivity index (χ2n) is 6.76. The highest BCUT2D eigenvalue weighted by molar-refractivity contribution is 7.89. The highest BCUT2D eigenvalue weighted by Gasteiger charge is 2.22. The predicted molar refractivity (Wildman–Crippen MR) is 102 cm³/mol. The molecule has 6 nitrogen and oxygen atoms in total. The Labute approximate surface area is 154 Å². The molecule has 0 aliphatic carbocycles. The van der Waals surface area contributed by atoms with E-state index in [9.17, 15) is 13.2 Å². The van der Waals surface area contributed by atoms with E-state index in [1.54, 1.807) is 39.0 Å². The van der Waals surface area contributed by atoms with Crippen molar-refractivity contribution in [1.82, 2.24) is 4.72 Å². The van der Waals surface area contributed by atoms with Crippen molar-refractivity contribution in [3.8, 4) is 5.75 Å². The smallest absolute Gasteiger partial charge is 0.255 e. The molecule has 7 heteroatoms. The van der Waals surface area contributed by atoms with E-state index in [-0.39, 0.29) is 10.8 Å². The van der Waals surface area contributed by atoms with Gasteiger partial charge in [0.1, 0.15) is 5.75 Å². The molecule has 26 heavy (non-hydrogen) atoms. The van der Waals surface area contributed by atoms with Crippen LogP contribution in [-0.2, 0) is 10.0 Å². The van der Waals surface area contributed by atoms with E-state index in [2.05, 4.69) is 10.0 Å². The molecule has 0 unspecified atom stereocenters. The number of hydrogen-bond donors (Lipinski definition) is 2. The molecule has 0 aromatic heterocycles. The molecule has 2 aromatic rings. The summed E-state index contributed by atoms with van der Waals surface area (Å²) in [6, 6.07) is 12.9. The van der Waals surface area contributed by atoms with Crippen LogP contribution in [0.5, 0.6) is 5.75 Å². The molecule has 140 valence electrons. The minimum atomic E-state index is -3.64. The van der Waals surface area contributed by atoms with Crippen molar-refractivity contribution >= 4 is 21.6 Å². The second-order valence-corrected chi connectivity index (χ2v) is 8.45. The zero-order chi connectivity index (χ0) is 19.4. The fourth-order valence-corrected chi connectivity index (χ4v) is 3.71. The molecule has 0 bridgehead atoms. The summed E-state index contributed by atoms with van der Waals surface area (Å²) in [7, 11) is -3.64. The van der Waals surface area contributed by atoms with Crippen molar-refractivity contribution < 1.29 is 17.9 Å². The number of benzene rings is 2. The summed E-state index contributed by atoms with van der Waals surface area (Å²) in [5.41, 5.74) is 0.328. The average Bonchev–Trinajstić information content (AvgIpc) is 2.55. The van der Waals surface area contributed by atoms with Crippen molar-refractivity contribution in [2.45, 2.75) is 38.1 Å². The fourth-order valence-electron chi connectivity index (χ4n) is 2.29. The van der Waals surface area contributed by atoms with E-state index in [4.69, 9.17) is 4.74 Å². The summed E-state index contributed by atoms with van der Waals surface area (Å²) < 4.78 is 32.7. The van der Waals surface area contributed by atoms with Crippen LogP contribution in [0.15, 0.2) is 53.4 Å². The van der Waals surface area contributed by atoms with E-state index in [0.29, 0.717) is 23.6 Å². The lowest BCUT2D eigenvalue weighted by atomic mass is 10.1. The summed E-state index contributed by atoms with van der Waals surface area (Å²) in [6.07, 6.45) is 0. The van der Waals surface area contributed by atoms with Gasteiger partial charge in [0.05, 0.1) is 17.2 Å². The van der Waals surface area contributed by atoms with E-state index >= 15 is 0 Å². The minimum Gasteiger partial charge on any atom is -0.492 e. The van der Waals surface area contributed by atoms with Gasteiger partial charge in [-0.05, 0) is 64.1 Å². The van der Waals surface area contributed by atoms with Crippen LogP contribution in [0.1, 0.15) is 38.1 Å². The normalized spacial score (nSPS) is 11.8. The first-order valence-corrected chi connectivity index (χ1v) is 9.78. The fraction of sp³-hybridized carbons (Fsp3) is 0.316. The first-order valence-electron chi connectivity index (χ1n) is 8.29. The highest BCUT2D eigenvalue weighted by atomic mass is 32.2. The molecule has 0 aliphatic rings. The van der Waals surface area contributed by atoms with Crippen LogP contribution in [0.25, 0.3) is 0 Å². The topological polar surface area (TPSA) is 84.5 Å². The van der Waals surface area contributed by atoms with Crippen LogP contribution in [-0.4, -0.2) is 26.5 Å². The number of carbonyl (C=O) groups is 1. The maximum atomic E-state index is 12.4. The maximum absolute atomic E-state index is 12.4. The van der Waals surface area contributed by atoms with Gasteiger partial charge >= 0.3 is 0 Å². The lowest BCUT2D eigenvalue weighted by Crippen LogP contribution is -2.40. The van der Waals surface area contributed by atoms with Crippen molar-refractivity contribution in [1.29, 1.82) is 0 Å². The largest absolute Gasteiger partial charge is 0.492 e. The molecule has 2 rings (SSSR count). The van der Waals surface area contributed by atoms with Crippen LogP contribution >= 0.6 is 0 Å². The summed E-state index contributed by atoms with van der Waals surface area (Å²) in [5.74, 6) is 0.238. The first kappa shape index (κ1) is 19.9. The van der Waals surface area contributed by atoms with Crippen molar-refractivity contribution in [3.05, 3.63) is 54.1 Å². The Kier molecular flexibility index (Phi) is 6.05. The average molecular weight is 376 g/mol. The zero-order valence-corrected chi connectivity index (χ0v) is 16.2. The third kappa shape index (κ3) is 5.31. The second kappa shape index (κ2) is 7.88. The van der Waals surface area contributed by atoms with Gasteiger partial charge in [-0.25, -0.2) is 13.1 Å². The molecule has 0 saturated carbocycles. The summed E-state index contributed by atoms with van der Waals surface area (Å²) in [5, 5.41) is 2.78. The molecule has 1 amide bonds. The molecule has 0 saturated heterocycles. The molecular formula is C19H24N2O4S. The first-order chi connectivity index (χ1) is 12.1. The highest BCUT2D eigenvalue weighted by Crippen LogP contribution is 2.24. The van der Waals surface area contributed by atoms with E-state index < -0.39 is 15.6 Å². The Balaban J connectivity index is 2.17. The number of anilines is 1. The maximum Gasteiger partial charge on any atom is 0.255 e. The van der Waals surface area contributed by atoms with Crippen LogP contribution in [0.3, 0.4) is 0 Å². The number of sulfonamides is 1. The Hall–Kier alpha value is -2.38. The molecule has 0 heterocycles. The van der Waals surface area contributed by atoms with Crippen LogP contribution in [0, 0.1) is 0 Å². The van der Waals surface area contributed by atoms with Gasteiger partial charge in [-0.15, -0.1) is 0 Å². The quantitative estimate of drug-likeness (QED) is 0.809. The molecule has 0 radical (unpaired) electrons. The van der Waals surface area contributed by atoms with Gasteiger partial charge in [-0.3, -0.25) is 4.79 Å². The summed E-state index contributed by atoms with van der Waals surface area (Å²) in [6.45, 7) is 7.65. The number of rotatable bonds is 6. The third-order valence-corrected chi connectivity index (χ3v) is 5.08. The van der Waals surface area contributed by atoms with Crippen LogP contribution in [0.2, 0.25) is 0 Å². The number of para-hydroxylation sites is 2. The number of carbonyl (C=O) groups excluding carboxylic acids is 1. The SMILES string of the molecule is CCOc1ccccc1NC(=O)c1ccc(S(=O)(=O)NC(C)(C)C)cc1. The van der Waals surface area contributed by atoms with Gasteiger partial charge in [0.2, 0.25) is 10.0 Å². The molecule has 0 aliphatic heterocycles. The standard InChI is InChI=1S/C19H24N2O4S/c1-5-25-17-9-7-6-8-16(17)20-18(22)14-10-12-15(13-11-14)26(23,24)21-19(2,3)4/h6-13,21H,5H2,1-4H3,(H,20,22). The zero-order valence-electron chi connectivity index (χ0n) is 15.4. The lowest BCUT2D eigenvalue weighted by Gasteiger charge is -2.20. The van der Waals surface area contributed by atoms with Gasteiger partial charge in [-0.1, -0.05) is 12.1 Å². The van der Waals surface area contributed by atoms with E-state index in [1.165, 1.54) is 24.3 Å². The van der Waals surface area contributed by atoms with Crippen LogP contribution in [0.4, 0.5) is 5.69 Å². The van der Waals surface area contributed by atoms with Crippen molar-refractivity contribution in [3.63, 3.8) is 0 Å². The number of hydrogen-bond acceptors (Lipinski definition) is 4. The predicted octanol–water partition coefficient (Wildman–Crippen LogP) is 3.41. The molecule has 2 aromatic carbocycles. The van der Waals surface area contributed by atoms with E-state index in [1.807, 2.05) is 13.0 Å². The van der Waals surface area contributed by atoms with Gasteiger partial charge < -0.3 is 10.1 Å². The van der Waals surface area contributed by atoms with Crippen LogP contribution < -0.4 is 14.8 Å². The molecular weight excluding hydrogens is 352 g/mol.